The van der Waals surface area contributed by atoms with Gasteiger partial charge in [0.2, 0.25) is 0 Å². The number of rotatable bonds is 2. The molecule has 0 bridgehead atoms. The molecule has 15 heavy (non-hydrogen) atoms. The molecule has 2 saturated heterocycles. The monoisotopic (exact) mass is 211 g/mol. The van der Waals surface area contributed by atoms with Crippen LogP contribution < -0.4 is 0 Å². The zero-order chi connectivity index (χ0) is 10.9. The van der Waals surface area contributed by atoms with Gasteiger partial charge >= 0.3 is 0 Å². The Morgan fingerprint density at radius 2 is 2.00 bits per heavy atom. The molecule has 1 spiro atoms. The molecule has 0 radical (unpaired) electrons. The van der Waals surface area contributed by atoms with Crippen LogP contribution in [0.5, 0.6) is 0 Å². The zero-order valence-corrected chi connectivity index (χ0v) is 10.5. The van der Waals surface area contributed by atoms with Crippen LogP contribution in [0.3, 0.4) is 0 Å². The van der Waals surface area contributed by atoms with Crippen LogP contribution in [0.2, 0.25) is 0 Å². The lowest BCUT2D eigenvalue weighted by atomic mass is 9.83. The Labute approximate surface area is 94.0 Å². The van der Waals surface area contributed by atoms with Crippen LogP contribution in [0, 0.1) is 5.92 Å². The van der Waals surface area contributed by atoms with E-state index < -0.39 is 0 Å². The van der Waals surface area contributed by atoms with E-state index in [1.165, 1.54) is 45.2 Å². The molecule has 88 valence electrons. The van der Waals surface area contributed by atoms with Gasteiger partial charge < -0.3 is 9.64 Å². The molecule has 2 nitrogen and oxygen atoms in total. The molecule has 0 aromatic carbocycles. The first-order chi connectivity index (χ1) is 7.15. The number of likely N-dealkylation sites (tertiary alicyclic amines) is 1. The second kappa shape index (κ2) is 4.42. The van der Waals surface area contributed by atoms with Gasteiger partial charge in [-0.1, -0.05) is 13.3 Å². The van der Waals surface area contributed by atoms with E-state index in [4.69, 9.17) is 4.74 Å². The molecular weight excluding hydrogens is 186 g/mol. The maximum absolute atomic E-state index is 6.28. The van der Waals surface area contributed by atoms with E-state index in [1.807, 2.05) is 0 Å². The van der Waals surface area contributed by atoms with Crippen molar-refractivity contribution in [3.8, 4) is 0 Å². The molecular formula is C13H25NO. The summed E-state index contributed by atoms with van der Waals surface area (Å²) in [6.45, 7) is 6.98. The lowest BCUT2D eigenvalue weighted by Crippen LogP contribution is -2.42. The topological polar surface area (TPSA) is 12.5 Å². The molecule has 2 heterocycles. The molecule has 2 aliphatic heterocycles. The minimum atomic E-state index is 0.256. The van der Waals surface area contributed by atoms with E-state index in [2.05, 4.69) is 25.8 Å². The number of ether oxygens (including phenoxy) is 1. The van der Waals surface area contributed by atoms with Crippen molar-refractivity contribution in [3.63, 3.8) is 0 Å². The third-order valence-electron chi connectivity index (χ3n) is 4.29. The van der Waals surface area contributed by atoms with Crippen molar-refractivity contribution in [1.29, 1.82) is 0 Å². The van der Waals surface area contributed by atoms with E-state index in [0.29, 0.717) is 6.10 Å². The fourth-order valence-corrected chi connectivity index (χ4v) is 3.24. The van der Waals surface area contributed by atoms with Gasteiger partial charge in [0, 0.05) is 13.1 Å². The highest BCUT2D eigenvalue weighted by Crippen LogP contribution is 2.43. The highest BCUT2D eigenvalue weighted by molar-refractivity contribution is 4.95. The van der Waals surface area contributed by atoms with Crippen molar-refractivity contribution in [1.82, 2.24) is 4.90 Å². The van der Waals surface area contributed by atoms with Crippen molar-refractivity contribution in [3.05, 3.63) is 0 Å². The van der Waals surface area contributed by atoms with Crippen molar-refractivity contribution >= 4 is 0 Å². The molecule has 0 aromatic rings. The normalized spacial score (nSPS) is 36.2. The highest BCUT2D eigenvalue weighted by atomic mass is 16.5. The van der Waals surface area contributed by atoms with Crippen LogP contribution in [0.15, 0.2) is 0 Å². The third-order valence-corrected chi connectivity index (χ3v) is 4.29. The van der Waals surface area contributed by atoms with Gasteiger partial charge in [-0.25, -0.2) is 0 Å². The van der Waals surface area contributed by atoms with Gasteiger partial charge in [-0.2, -0.15) is 0 Å². The Morgan fingerprint density at radius 3 is 2.60 bits per heavy atom. The summed E-state index contributed by atoms with van der Waals surface area (Å²) in [5.41, 5.74) is 0.256. The molecule has 0 amide bonds. The number of hydrogen-bond acceptors (Lipinski definition) is 2. The first kappa shape index (κ1) is 11.4. The summed E-state index contributed by atoms with van der Waals surface area (Å²) in [5, 5.41) is 0. The van der Waals surface area contributed by atoms with Gasteiger partial charge in [0.15, 0.2) is 0 Å². The van der Waals surface area contributed by atoms with E-state index in [0.717, 1.165) is 5.92 Å². The Morgan fingerprint density at radius 1 is 1.33 bits per heavy atom. The largest absolute Gasteiger partial charge is 0.372 e. The third kappa shape index (κ3) is 2.36. The molecule has 0 aromatic heterocycles. The van der Waals surface area contributed by atoms with Crippen molar-refractivity contribution in [2.75, 3.05) is 20.1 Å². The van der Waals surface area contributed by atoms with E-state index in [1.54, 1.807) is 0 Å². The number of hydrogen-bond donors (Lipinski definition) is 0. The van der Waals surface area contributed by atoms with Crippen LogP contribution in [0.1, 0.15) is 46.0 Å². The predicted octanol–water partition coefficient (Wildman–Crippen LogP) is 2.68. The summed E-state index contributed by atoms with van der Waals surface area (Å²) in [4.78, 5) is 2.42. The summed E-state index contributed by atoms with van der Waals surface area (Å²) in [7, 11) is 2.22. The Kier molecular flexibility index (Phi) is 3.36. The molecule has 2 unspecified atom stereocenters. The van der Waals surface area contributed by atoms with Crippen molar-refractivity contribution in [2.45, 2.75) is 57.7 Å². The van der Waals surface area contributed by atoms with Crippen LogP contribution in [0.25, 0.3) is 0 Å². The van der Waals surface area contributed by atoms with Crippen LogP contribution >= 0.6 is 0 Å². The average molecular weight is 211 g/mol. The lowest BCUT2D eigenvalue weighted by Gasteiger charge is -2.37. The second-order valence-electron chi connectivity index (χ2n) is 5.56. The fourth-order valence-electron chi connectivity index (χ4n) is 3.24. The average Bonchev–Trinajstić information content (AvgIpc) is 2.50. The molecule has 0 aliphatic carbocycles. The molecule has 2 rings (SSSR count). The zero-order valence-electron chi connectivity index (χ0n) is 10.5. The standard InChI is InChI=1S/C13H25NO/c1-4-5-12-10-13(15-11(12)2)6-8-14(3)9-7-13/h11-12H,4-10H2,1-3H3. The van der Waals surface area contributed by atoms with Gasteiger partial charge in [-0.15, -0.1) is 0 Å². The maximum Gasteiger partial charge on any atom is 0.0714 e. The molecule has 2 atom stereocenters. The van der Waals surface area contributed by atoms with Crippen LogP contribution in [0.4, 0.5) is 0 Å². The van der Waals surface area contributed by atoms with Crippen LogP contribution in [-0.4, -0.2) is 36.7 Å². The predicted molar refractivity (Wildman–Crippen MR) is 63.0 cm³/mol. The fraction of sp³-hybridized carbons (Fsp3) is 1.00. The molecule has 2 aliphatic rings. The number of piperidine rings is 1. The minimum absolute atomic E-state index is 0.256. The quantitative estimate of drug-likeness (QED) is 0.696. The minimum Gasteiger partial charge on any atom is -0.372 e. The van der Waals surface area contributed by atoms with E-state index in [9.17, 15) is 0 Å². The first-order valence-electron chi connectivity index (χ1n) is 6.51. The van der Waals surface area contributed by atoms with E-state index >= 15 is 0 Å². The van der Waals surface area contributed by atoms with Crippen molar-refractivity contribution in [2.24, 2.45) is 5.92 Å². The smallest absolute Gasteiger partial charge is 0.0714 e. The summed E-state index contributed by atoms with van der Waals surface area (Å²) >= 11 is 0. The molecule has 0 saturated carbocycles. The van der Waals surface area contributed by atoms with Gasteiger partial charge in [0.1, 0.15) is 0 Å². The van der Waals surface area contributed by atoms with Gasteiger partial charge in [0.05, 0.1) is 11.7 Å². The Bertz CT molecular complexity index is 209. The summed E-state index contributed by atoms with van der Waals surface area (Å²) in [5.74, 6) is 0.818. The maximum atomic E-state index is 6.28. The Balaban J connectivity index is 1.94. The Hall–Kier alpha value is -0.0800. The highest BCUT2D eigenvalue weighted by Gasteiger charge is 2.45. The van der Waals surface area contributed by atoms with Gasteiger partial charge in [-0.05, 0) is 45.6 Å². The lowest BCUT2D eigenvalue weighted by molar-refractivity contribution is -0.0704. The molecule has 0 N–H and O–H groups in total. The van der Waals surface area contributed by atoms with Gasteiger partial charge in [-0.3, -0.25) is 0 Å². The summed E-state index contributed by atoms with van der Waals surface area (Å²) < 4.78 is 6.28. The molecule has 2 fully saturated rings. The SMILES string of the molecule is CCCC1CC2(CCN(C)CC2)OC1C. The first-order valence-corrected chi connectivity index (χ1v) is 6.51. The van der Waals surface area contributed by atoms with Crippen molar-refractivity contribution < 1.29 is 4.74 Å². The number of nitrogens with zero attached hydrogens (tertiary/aromatic N) is 1. The van der Waals surface area contributed by atoms with E-state index in [-0.39, 0.29) is 5.60 Å². The summed E-state index contributed by atoms with van der Waals surface area (Å²) in [6, 6.07) is 0. The van der Waals surface area contributed by atoms with Gasteiger partial charge in [0.25, 0.3) is 0 Å². The summed E-state index contributed by atoms with van der Waals surface area (Å²) in [6.07, 6.45) is 6.94. The second-order valence-corrected chi connectivity index (χ2v) is 5.56. The van der Waals surface area contributed by atoms with Crippen LogP contribution in [-0.2, 0) is 4.74 Å². The molecule has 2 heteroatoms.